The van der Waals surface area contributed by atoms with E-state index in [1.807, 2.05) is 0 Å². The fraction of sp³-hybridized carbons (Fsp3) is 0.792. The third-order valence-electron chi connectivity index (χ3n) is 6.86. The van der Waals surface area contributed by atoms with Gasteiger partial charge in [0.2, 0.25) is 0 Å². The Bertz CT molecular complexity index is 603. The predicted molar refractivity (Wildman–Crippen MR) is 116 cm³/mol. The SMILES string of the molecule is C=C(C)C(=O)OCCCCCCOC(=O)C1CCC(C2CCC(C(=O)ON)CC2)CC1. The molecule has 0 aromatic heterocycles. The normalized spacial score (nSPS) is 26.0. The van der Waals surface area contributed by atoms with Crippen molar-refractivity contribution >= 4 is 17.9 Å². The lowest BCUT2D eigenvalue weighted by atomic mass is 9.69. The Kier molecular flexibility index (Phi) is 11.1. The summed E-state index contributed by atoms with van der Waals surface area (Å²) in [5, 5.41) is 0. The molecule has 0 unspecified atom stereocenters. The van der Waals surface area contributed by atoms with Gasteiger partial charge in [-0.05, 0) is 95.8 Å². The summed E-state index contributed by atoms with van der Waals surface area (Å²) in [6.07, 6.45) is 11.3. The molecule has 0 heterocycles. The Labute approximate surface area is 186 Å². The highest BCUT2D eigenvalue weighted by Gasteiger charge is 2.35. The van der Waals surface area contributed by atoms with Crippen molar-refractivity contribution in [3.8, 4) is 0 Å². The molecule has 2 N–H and O–H groups in total. The van der Waals surface area contributed by atoms with Gasteiger partial charge in [-0.2, -0.15) is 5.90 Å². The summed E-state index contributed by atoms with van der Waals surface area (Å²) in [6.45, 7) is 6.06. The van der Waals surface area contributed by atoms with E-state index in [1.54, 1.807) is 6.92 Å². The molecule has 31 heavy (non-hydrogen) atoms. The lowest BCUT2D eigenvalue weighted by molar-refractivity contribution is -0.152. The molecule has 2 aliphatic rings. The van der Waals surface area contributed by atoms with Crippen LogP contribution < -0.4 is 5.90 Å². The smallest absolute Gasteiger partial charge is 0.333 e. The second-order valence-corrected chi connectivity index (χ2v) is 9.16. The molecule has 2 rings (SSSR count). The van der Waals surface area contributed by atoms with Crippen molar-refractivity contribution in [1.82, 2.24) is 0 Å². The molecular formula is C24H39NO6. The van der Waals surface area contributed by atoms with E-state index < -0.39 is 0 Å². The highest BCUT2D eigenvalue weighted by molar-refractivity contribution is 5.86. The van der Waals surface area contributed by atoms with Crippen LogP contribution >= 0.6 is 0 Å². The molecule has 0 amide bonds. The Morgan fingerprint density at radius 1 is 0.742 bits per heavy atom. The van der Waals surface area contributed by atoms with Crippen molar-refractivity contribution < 1.29 is 28.7 Å². The molecule has 0 atom stereocenters. The molecule has 2 aliphatic carbocycles. The van der Waals surface area contributed by atoms with E-state index >= 15 is 0 Å². The van der Waals surface area contributed by atoms with Crippen molar-refractivity contribution in [3.63, 3.8) is 0 Å². The zero-order chi connectivity index (χ0) is 22.6. The highest BCUT2D eigenvalue weighted by Crippen LogP contribution is 2.41. The second kappa shape index (κ2) is 13.5. The van der Waals surface area contributed by atoms with Gasteiger partial charge < -0.3 is 14.3 Å². The Hall–Kier alpha value is -1.89. The van der Waals surface area contributed by atoms with Crippen LogP contribution in [0, 0.1) is 23.7 Å². The Balaban J connectivity index is 1.51. The summed E-state index contributed by atoms with van der Waals surface area (Å²) in [5.74, 6) is 5.61. The number of carbonyl (C=O) groups is 3. The van der Waals surface area contributed by atoms with Gasteiger partial charge in [0, 0.05) is 5.57 Å². The lowest BCUT2D eigenvalue weighted by Gasteiger charge is -2.36. The number of rotatable bonds is 11. The van der Waals surface area contributed by atoms with Crippen LogP contribution in [0.25, 0.3) is 0 Å². The van der Waals surface area contributed by atoms with Crippen LogP contribution in [0.5, 0.6) is 0 Å². The van der Waals surface area contributed by atoms with Gasteiger partial charge in [-0.3, -0.25) is 9.59 Å². The largest absolute Gasteiger partial charge is 0.465 e. The highest BCUT2D eigenvalue weighted by atomic mass is 16.7. The Morgan fingerprint density at radius 2 is 1.19 bits per heavy atom. The van der Waals surface area contributed by atoms with Gasteiger partial charge in [0.25, 0.3) is 0 Å². The number of ether oxygens (including phenoxy) is 2. The fourth-order valence-electron chi connectivity index (χ4n) is 4.89. The first-order chi connectivity index (χ1) is 14.9. The molecule has 0 aliphatic heterocycles. The number of esters is 2. The molecule has 176 valence electrons. The molecule has 7 heteroatoms. The first kappa shape index (κ1) is 25.4. The van der Waals surface area contributed by atoms with Crippen molar-refractivity contribution in [3.05, 3.63) is 12.2 Å². The summed E-state index contributed by atoms with van der Waals surface area (Å²) in [6, 6.07) is 0. The van der Waals surface area contributed by atoms with E-state index in [4.69, 9.17) is 15.4 Å². The van der Waals surface area contributed by atoms with Gasteiger partial charge in [0.05, 0.1) is 25.0 Å². The quantitative estimate of drug-likeness (QED) is 0.223. The second-order valence-electron chi connectivity index (χ2n) is 9.16. The van der Waals surface area contributed by atoms with Crippen LogP contribution in [0.3, 0.4) is 0 Å². The van der Waals surface area contributed by atoms with Crippen molar-refractivity contribution in [2.75, 3.05) is 13.2 Å². The molecular weight excluding hydrogens is 398 g/mol. The lowest BCUT2D eigenvalue weighted by Crippen LogP contribution is -2.31. The minimum absolute atomic E-state index is 0.0290. The standard InChI is InChI=1S/C24H39NO6/c1-17(2)22(26)29-15-5-3-4-6-16-30-23(27)20-11-7-18(8-12-20)19-9-13-21(14-10-19)24(28)31-25/h18-21H,1,3-16,25H2,2H3. The third-order valence-corrected chi connectivity index (χ3v) is 6.86. The van der Waals surface area contributed by atoms with Gasteiger partial charge in [-0.1, -0.05) is 6.58 Å². The van der Waals surface area contributed by atoms with Crippen LogP contribution in [0.4, 0.5) is 0 Å². The zero-order valence-corrected chi connectivity index (χ0v) is 18.9. The van der Waals surface area contributed by atoms with Crippen LogP contribution in [0.1, 0.15) is 84.0 Å². The van der Waals surface area contributed by atoms with E-state index in [1.165, 1.54) is 0 Å². The van der Waals surface area contributed by atoms with E-state index in [0.717, 1.165) is 77.0 Å². The van der Waals surface area contributed by atoms with Crippen molar-refractivity contribution in [1.29, 1.82) is 0 Å². The maximum Gasteiger partial charge on any atom is 0.333 e. The molecule has 0 radical (unpaired) electrons. The average molecular weight is 438 g/mol. The number of hydrogen-bond donors (Lipinski definition) is 1. The first-order valence-electron chi connectivity index (χ1n) is 11.8. The predicted octanol–water partition coefficient (Wildman–Crippen LogP) is 4.24. The summed E-state index contributed by atoms with van der Waals surface area (Å²) < 4.78 is 10.5. The Morgan fingerprint density at radius 3 is 1.65 bits per heavy atom. The van der Waals surface area contributed by atoms with E-state index in [0.29, 0.717) is 30.6 Å². The fourth-order valence-corrected chi connectivity index (χ4v) is 4.89. The topological polar surface area (TPSA) is 105 Å². The van der Waals surface area contributed by atoms with Crippen LogP contribution in [-0.4, -0.2) is 31.1 Å². The molecule has 0 aromatic rings. The first-order valence-corrected chi connectivity index (χ1v) is 11.8. The molecule has 7 nitrogen and oxygen atoms in total. The molecule has 0 spiro atoms. The van der Waals surface area contributed by atoms with Crippen molar-refractivity contribution in [2.45, 2.75) is 84.0 Å². The van der Waals surface area contributed by atoms with Crippen molar-refractivity contribution in [2.24, 2.45) is 29.6 Å². The summed E-state index contributed by atoms with van der Waals surface area (Å²) >= 11 is 0. The van der Waals surface area contributed by atoms with E-state index in [-0.39, 0.29) is 29.7 Å². The zero-order valence-electron chi connectivity index (χ0n) is 18.9. The van der Waals surface area contributed by atoms with Gasteiger partial charge >= 0.3 is 17.9 Å². The maximum atomic E-state index is 12.4. The van der Waals surface area contributed by atoms with Gasteiger partial charge in [0.15, 0.2) is 0 Å². The van der Waals surface area contributed by atoms with Gasteiger partial charge in [-0.25, -0.2) is 4.79 Å². The van der Waals surface area contributed by atoms with Crippen LogP contribution in [0.2, 0.25) is 0 Å². The number of unbranched alkanes of at least 4 members (excludes halogenated alkanes) is 3. The summed E-state index contributed by atoms with van der Waals surface area (Å²) in [5.41, 5.74) is 0.419. The molecule has 0 saturated heterocycles. The number of hydrogen-bond acceptors (Lipinski definition) is 7. The van der Waals surface area contributed by atoms with Crippen LogP contribution in [-0.2, 0) is 28.7 Å². The average Bonchev–Trinajstić information content (AvgIpc) is 2.80. The molecule has 0 aromatic carbocycles. The van der Waals surface area contributed by atoms with Gasteiger partial charge in [0.1, 0.15) is 0 Å². The minimum atomic E-state index is -0.340. The number of carbonyl (C=O) groups excluding carboxylic acids is 3. The van der Waals surface area contributed by atoms with E-state index in [9.17, 15) is 14.4 Å². The maximum absolute atomic E-state index is 12.4. The third kappa shape index (κ3) is 8.63. The number of nitrogens with two attached hydrogens (primary N) is 1. The summed E-state index contributed by atoms with van der Waals surface area (Å²) in [7, 11) is 0. The molecule has 0 bridgehead atoms. The van der Waals surface area contributed by atoms with E-state index in [2.05, 4.69) is 11.4 Å². The van der Waals surface area contributed by atoms with Crippen LogP contribution in [0.15, 0.2) is 12.2 Å². The molecule has 2 saturated carbocycles. The van der Waals surface area contributed by atoms with Gasteiger partial charge in [-0.15, -0.1) is 0 Å². The minimum Gasteiger partial charge on any atom is -0.465 e. The summed E-state index contributed by atoms with van der Waals surface area (Å²) in [4.78, 5) is 39.6. The molecule has 2 fully saturated rings. The monoisotopic (exact) mass is 437 g/mol.